The molecule has 39 heavy (non-hydrogen) atoms. The maximum atomic E-state index is 12.8. The van der Waals surface area contributed by atoms with Gasteiger partial charge in [-0.15, -0.1) is 5.10 Å². The third-order valence-electron chi connectivity index (χ3n) is 6.15. The molecule has 1 N–H and O–H groups in total. The highest BCUT2D eigenvalue weighted by Gasteiger charge is 2.26. The molecular weight excluding hydrogens is 491 g/mol. The topological polar surface area (TPSA) is 75.4 Å². The Labute approximate surface area is 228 Å². The summed E-state index contributed by atoms with van der Waals surface area (Å²) in [5.41, 5.74) is 4.06. The number of benzene rings is 2. The third kappa shape index (κ3) is 7.04. The van der Waals surface area contributed by atoms with E-state index in [0.29, 0.717) is 5.69 Å². The van der Waals surface area contributed by atoms with Crippen molar-refractivity contribution in [2.24, 2.45) is 0 Å². The number of nitrogens with one attached hydrogen (secondary N) is 1. The van der Waals surface area contributed by atoms with Crippen LogP contribution in [0.3, 0.4) is 0 Å². The van der Waals surface area contributed by atoms with Crippen molar-refractivity contribution in [3.63, 3.8) is 0 Å². The Morgan fingerprint density at radius 3 is 2.33 bits per heavy atom. The second kappa shape index (κ2) is 13.3. The molecule has 6 rings (SSSR count). The number of fused-ring (bicyclic) bond motifs is 1. The molecule has 0 saturated carbocycles. The van der Waals surface area contributed by atoms with Crippen molar-refractivity contribution in [2.75, 3.05) is 18.0 Å². The van der Waals surface area contributed by atoms with Gasteiger partial charge in [0.1, 0.15) is 17.3 Å². The summed E-state index contributed by atoms with van der Waals surface area (Å²) in [7, 11) is 0. The van der Waals surface area contributed by atoms with E-state index in [1.54, 1.807) is 24.3 Å². The molecular formula is C31H33FN6O. The highest BCUT2D eigenvalue weighted by molar-refractivity contribution is 5.93. The summed E-state index contributed by atoms with van der Waals surface area (Å²) in [5, 5.41) is 7.82. The lowest BCUT2D eigenvalue weighted by molar-refractivity contribution is 0.0935. The molecule has 1 aliphatic heterocycles. The molecule has 1 saturated heterocycles. The van der Waals surface area contributed by atoms with Crippen molar-refractivity contribution in [3.05, 3.63) is 114 Å². The summed E-state index contributed by atoms with van der Waals surface area (Å²) in [6.45, 7) is 7.55. The minimum atomic E-state index is -0.178. The van der Waals surface area contributed by atoms with E-state index in [1.807, 2.05) is 86.1 Å². The molecule has 1 aliphatic rings. The van der Waals surface area contributed by atoms with E-state index in [0.717, 1.165) is 47.9 Å². The average molecular weight is 525 g/mol. The number of nitrogens with zero attached hydrogens (tertiary/aromatic N) is 5. The molecule has 0 bridgehead atoms. The quantitative estimate of drug-likeness (QED) is 0.314. The number of imidazole rings is 1. The van der Waals surface area contributed by atoms with Gasteiger partial charge in [-0.1, -0.05) is 68.4 Å². The van der Waals surface area contributed by atoms with Gasteiger partial charge in [-0.2, -0.15) is 0 Å². The largest absolute Gasteiger partial charge is 0.353 e. The zero-order valence-electron chi connectivity index (χ0n) is 22.5. The molecule has 0 spiro atoms. The fourth-order valence-electron chi connectivity index (χ4n) is 4.24. The van der Waals surface area contributed by atoms with Crippen molar-refractivity contribution in [3.8, 4) is 11.3 Å². The Morgan fingerprint density at radius 2 is 1.64 bits per heavy atom. The van der Waals surface area contributed by atoms with Crippen molar-refractivity contribution in [1.82, 2.24) is 24.9 Å². The van der Waals surface area contributed by atoms with E-state index in [4.69, 9.17) is 0 Å². The van der Waals surface area contributed by atoms with Gasteiger partial charge in [0.05, 0.1) is 17.6 Å². The molecule has 8 heteroatoms. The number of rotatable bonds is 4. The number of aryl methyl sites for hydroxylation is 1. The van der Waals surface area contributed by atoms with Crippen LogP contribution in [0.15, 0.2) is 97.2 Å². The molecule has 7 nitrogen and oxygen atoms in total. The normalized spacial score (nSPS) is 14.2. The van der Waals surface area contributed by atoms with Gasteiger partial charge in [-0.05, 0) is 49.7 Å². The van der Waals surface area contributed by atoms with Crippen LogP contribution in [0, 0.1) is 12.7 Å². The molecule has 5 aromatic rings. The molecule has 0 aliphatic carbocycles. The maximum absolute atomic E-state index is 12.8. The van der Waals surface area contributed by atoms with Crippen molar-refractivity contribution in [2.45, 2.75) is 33.2 Å². The number of carbonyl (C=O) groups excluding carboxylic acids is 1. The Hall–Kier alpha value is -4.59. The number of hydrogen-bond donors (Lipinski definition) is 1. The van der Waals surface area contributed by atoms with Gasteiger partial charge in [0.15, 0.2) is 5.65 Å². The number of halogens is 1. The van der Waals surface area contributed by atoms with E-state index >= 15 is 0 Å². The van der Waals surface area contributed by atoms with Gasteiger partial charge in [0.2, 0.25) is 0 Å². The number of hydrogen-bond acceptors (Lipinski definition) is 5. The van der Waals surface area contributed by atoms with Crippen molar-refractivity contribution in [1.29, 1.82) is 0 Å². The summed E-state index contributed by atoms with van der Waals surface area (Å²) in [6.07, 6.45) is 2.68. The Morgan fingerprint density at radius 1 is 0.923 bits per heavy atom. The SMILES string of the molecule is CC.Cc1cnc2ccc(N3CC[C@H](NC(=O)c4cccc(-c5ccccc5)n4)C3)nn12.Fc1ccccc1. The Kier molecular flexibility index (Phi) is 9.34. The predicted molar refractivity (Wildman–Crippen MR) is 153 cm³/mol. The molecule has 2 aromatic carbocycles. The van der Waals surface area contributed by atoms with Gasteiger partial charge < -0.3 is 10.2 Å². The summed E-state index contributed by atoms with van der Waals surface area (Å²) in [4.78, 5) is 23.9. The van der Waals surface area contributed by atoms with E-state index in [-0.39, 0.29) is 17.8 Å². The number of pyridine rings is 1. The lowest BCUT2D eigenvalue weighted by Crippen LogP contribution is -2.37. The van der Waals surface area contributed by atoms with Crippen molar-refractivity contribution < 1.29 is 9.18 Å². The van der Waals surface area contributed by atoms with Crippen LogP contribution < -0.4 is 10.2 Å². The minimum absolute atomic E-state index is 0.0565. The molecule has 0 unspecified atom stereocenters. The fraction of sp³-hybridized carbons (Fsp3) is 0.226. The first-order valence-electron chi connectivity index (χ1n) is 13.2. The summed E-state index contributed by atoms with van der Waals surface area (Å²) >= 11 is 0. The average Bonchev–Trinajstić information content (AvgIpc) is 3.61. The smallest absolute Gasteiger partial charge is 0.270 e. The Bertz CT molecular complexity index is 1490. The van der Waals surface area contributed by atoms with E-state index in [9.17, 15) is 9.18 Å². The van der Waals surface area contributed by atoms with E-state index in [1.165, 1.54) is 12.1 Å². The highest BCUT2D eigenvalue weighted by atomic mass is 19.1. The van der Waals surface area contributed by atoms with Crippen LogP contribution in [0.2, 0.25) is 0 Å². The van der Waals surface area contributed by atoms with Crippen LogP contribution in [0.5, 0.6) is 0 Å². The van der Waals surface area contributed by atoms with Gasteiger partial charge in [-0.3, -0.25) is 4.79 Å². The van der Waals surface area contributed by atoms with Crippen LogP contribution >= 0.6 is 0 Å². The fourth-order valence-corrected chi connectivity index (χ4v) is 4.24. The van der Waals surface area contributed by atoms with Crippen LogP contribution in [0.4, 0.5) is 10.2 Å². The molecule has 200 valence electrons. The summed E-state index contributed by atoms with van der Waals surface area (Å²) in [5.74, 6) is 0.570. The van der Waals surface area contributed by atoms with Crippen LogP contribution in [-0.2, 0) is 0 Å². The first-order valence-corrected chi connectivity index (χ1v) is 13.2. The van der Waals surface area contributed by atoms with E-state index in [2.05, 4.69) is 25.3 Å². The molecule has 0 radical (unpaired) electrons. The standard InChI is InChI=1S/C23H22N6O.C6H5F.C2H6/c1-16-14-24-21-10-11-22(27-29(16)21)28-13-12-18(15-28)25-23(30)20-9-5-8-19(26-20)17-6-3-2-4-7-17;7-6-4-2-1-3-5-6;1-2/h2-11,14,18H,12-13,15H2,1H3,(H,25,30);1-5H;1-2H3/t18-;;/m0../s1. The van der Waals surface area contributed by atoms with Crippen molar-refractivity contribution >= 4 is 17.4 Å². The first-order chi connectivity index (χ1) is 19.1. The number of carbonyl (C=O) groups is 1. The second-order valence-electron chi connectivity index (χ2n) is 8.84. The minimum Gasteiger partial charge on any atom is -0.353 e. The summed E-state index contributed by atoms with van der Waals surface area (Å²) < 4.78 is 13.8. The lowest BCUT2D eigenvalue weighted by atomic mass is 10.1. The number of amides is 1. The predicted octanol–water partition coefficient (Wildman–Crippen LogP) is 5.96. The van der Waals surface area contributed by atoms with Crippen LogP contribution in [0.1, 0.15) is 36.5 Å². The Balaban J connectivity index is 0.000000338. The number of anilines is 1. The van der Waals surface area contributed by atoms with Gasteiger partial charge in [0, 0.05) is 24.7 Å². The second-order valence-corrected chi connectivity index (χ2v) is 8.84. The summed E-state index contributed by atoms with van der Waals surface area (Å²) in [6, 6.07) is 27.4. The molecule has 1 atom stereocenters. The zero-order valence-corrected chi connectivity index (χ0v) is 22.5. The zero-order chi connectivity index (χ0) is 27.6. The molecule has 4 heterocycles. The van der Waals surface area contributed by atoms with Gasteiger partial charge >= 0.3 is 0 Å². The van der Waals surface area contributed by atoms with Crippen LogP contribution in [0.25, 0.3) is 16.9 Å². The molecule has 1 amide bonds. The molecule has 1 fully saturated rings. The highest BCUT2D eigenvalue weighted by Crippen LogP contribution is 2.20. The van der Waals surface area contributed by atoms with Gasteiger partial charge in [0.25, 0.3) is 5.91 Å². The molecule has 3 aromatic heterocycles. The number of aromatic nitrogens is 4. The monoisotopic (exact) mass is 524 g/mol. The maximum Gasteiger partial charge on any atom is 0.270 e. The third-order valence-corrected chi connectivity index (χ3v) is 6.15. The lowest BCUT2D eigenvalue weighted by Gasteiger charge is -2.18. The first kappa shape index (κ1) is 27.4. The van der Waals surface area contributed by atoms with Gasteiger partial charge in [-0.25, -0.2) is 18.9 Å². The van der Waals surface area contributed by atoms with E-state index < -0.39 is 0 Å². The van der Waals surface area contributed by atoms with Crippen LogP contribution in [-0.4, -0.2) is 44.6 Å².